The van der Waals surface area contributed by atoms with E-state index in [1.165, 1.54) is 22.2 Å². The average molecular weight is 218 g/mol. The highest BCUT2D eigenvalue weighted by Gasteiger charge is 2.06. The Kier molecular flexibility index (Phi) is 3.59. The summed E-state index contributed by atoms with van der Waals surface area (Å²) in [7, 11) is 0. The highest BCUT2D eigenvalue weighted by atomic mass is 16.6. The van der Waals surface area contributed by atoms with Crippen LogP contribution in [-0.4, -0.2) is 11.6 Å². The zero-order valence-corrected chi connectivity index (χ0v) is 9.62. The minimum atomic E-state index is 0.640. The molecular weight excluding hydrogens is 200 g/mol. The second-order valence-electron chi connectivity index (χ2n) is 4.10. The number of hydrogen-bond acceptors (Lipinski definition) is 2. The molecule has 16 heavy (non-hydrogen) atoms. The van der Waals surface area contributed by atoms with Gasteiger partial charge in [0.15, 0.2) is 0 Å². The molecule has 0 saturated carbocycles. The molecule has 0 radical (unpaired) electrons. The van der Waals surface area contributed by atoms with E-state index in [1.807, 2.05) is 0 Å². The first-order valence-corrected chi connectivity index (χ1v) is 5.71. The van der Waals surface area contributed by atoms with E-state index >= 15 is 0 Å². The van der Waals surface area contributed by atoms with Gasteiger partial charge in [-0.25, -0.2) is 5.90 Å². The molecule has 0 fully saturated rings. The summed E-state index contributed by atoms with van der Waals surface area (Å²) in [5.41, 5.74) is 3.92. The van der Waals surface area contributed by atoms with E-state index in [2.05, 4.69) is 41.0 Å². The Labute approximate surface area is 95.6 Å². The maximum atomic E-state index is 5.00. The van der Waals surface area contributed by atoms with Gasteiger partial charge in [-0.3, -0.25) is 0 Å². The van der Waals surface area contributed by atoms with Gasteiger partial charge >= 0.3 is 0 Å². The second-order valence-corrected chi connectivity index (χ2v) is 4.10. The fourth-order valence-electron chi connectivity index (χ4n) is 2.14. The number of aromatic nitrogens is 1. The number of fused-ring (bicyclic) bond motifs is 1. The molecule has 0 amide bonds. The Morgan fingerprint density at radius 1 is 1.25 bits per heavy atom. The number of benzene rings is 1. The third-order valence-electron chi connectivity index (χ3n) is 2.97. The first kappa shape index (κ1) is 11.2. The smallest absolute Gasteiger partial charge is 0.0679 e. The van der Waals surface area contributed by atoms with E-state index in [0.717, 1.165) is 19.3 Å². The molecule has 86 valence electrons. The number of unbranched alkanes of at least 4 members (excludes halogenated alkanes) is 1. The number of aromatic amines is 1. The van der Waals surface area contributed by atoms with E-state index in [9.17, 15) is 0 Å². The SMILES string of the molecule is Cc1[nH]c2ccccc2c1CCCCON. The summed E-state index contributed by atoms with van der Waals surface area (Å²) in [6, 6.07) is 8.44. The Hall–Kier alpha value is -1.32. The molecule has 0 aliphatic heterocycles. The van der Waals surface area contributed by atoms with E-state index in [4.69, 9.17) is 5.90 Å². The van der Waals surface area contributed by atoms with Gasteiger partial charge in [0.25, 0.3) is 0 Å². The summed E-state index contributed by atoms with van der Waals surface area (Å²) < 4.78 is 0. The number of aryl methyl sites for hydroxylation is 2. The summed E-state index contributed by atoms with van der Waals surface area (Å²) in [5, 5.41) is 1.34. The largest absolute Gasteiger partial charge is 0.358 e. The lowest BCUT2D eigenvalue weighted by Crippen LogP contribution is -2.01. The minimum absolute atomic E-state index is 0.640. The quantitative estimate of drug-likeness (QED) is 0.599. The number of nitrogens with two attached hydrogens (primary N) is 1. The van der Waals surface area contributed by atoms with Gasteiger partial charge in [0.1, 0.15) is 0 Å². The van der Waals surface area contributed by atoms with Crippen molar-refractivity contribution in [2.75, 3.05) is 6.61 Å². The lowest BCUT2D eigenvalue weighted by molar-refractivity contribution is 0.134. The molecule has 0 aliphatic rings. The predicted molar refractivity (Wildman–Crippen MR) is 66.1 cm³/mol. The van der Waals surface area contributed by atoms with Gasteiger partial charge in [-0.2, -0.15) is 0 Å². The molecule has 0 bridgehead atoms. The predicted octanol–water partition coefficient (Wildman–Crippen LogP) is 2.69. The van der Waals surface area contributed by atoms with E-state index < -0.39 is 0 Å². The molecule has 0 aliphatic carbocycles. The standard InChI is InChI=1S/C13H18N2O/c1-10-11(6-4-5-9-16-14)12-7-2-3-8-13(12)15-10/h2-3,7-8,15H,4-6,9,14H2,1H3. The van der Waals surface area contributed by atoms with Crippen LogP contribution < -0.4 is 5.90 Å². The topological polar surface area (TPSA) is 51.0 Å². The molecule has 2 aromatic rings. The van der Waals surface area contributed by atoms with Crippen LogP contribution in [0.25, 0.3) is 10.9 Å². The number of nitrogens with one attached hydrogen (secondary N) is 1. The van der Waals surface area contributed by atoms with Crippen LogP contribution in [-0.2, 0) is 11.3 Å². The van der Waals surface area contributed by atoms with E-state index in [1.54, 1.807) is 0 Å². The number of H-pyrrole nitrogens is 1. The molecule has 1 heterocycles. The fraction of sp³-hybridized carbons (Fsp3) is 0.385. The van der Waals surface area contributed by atoms with Gasteiger partial charge in [-0.05, 0) is 37.8 Å². The summed E-state index contributed by atoms with van der Waals surface area (Å²) >= 11 is 0. The van der Waals surface area contributed by atoms with Crippen molar-refractivity contribution in [2.24, 2.45) is 5.90 Å². The molecule has 0 unspecified atom stereocenters. The highest BCUT2D eigenvalue weighted by Crippen LogP contribution is 2.23. The molecule has 3 heteroatoms. The lowest BCUT2D eigenvalue weighted by Gasteiger charge is -2.01. The van der Waals surface area contributed by atoms with Crippen molar-refractivity contribution < 1.29 is 4.84 Å². The average Bonchev–Trinajstić information content (AvgIpc) is 2.61. The zero-order valence-electron chi connectivity index (χ0n) is 9.62. The first-order chi connectivity index (χ1) is 7.83. The Balaban J connectivity index is 2.13. The van der Waals surface area contributed by atoms with Gasteiger partial charge < -0.3 is 9.82 Å². The van der Waals surface area contributed by atoms with Crippen LogP contribution in [0.5, 0.6) is 0 Å². The molecule has 0 saturated heterocycles. The van der Waals surface area contributed by atoms with Gasteiger partial charge in [0.05, 0.1) is 6.61 Å². The van der Waals surface area contributed by atoms with Gasteiger partial charge in [-0.1, -0.05) is 18.2 Å². The van der Waals surface area contributed by atoms with Crippen LogP contribution in [0.1, 0.15) is 24.1 Å². The van der Waals surface area contributed by atoms with Crippen molar-refractivity contribution in [1.29, 1.82) is 0 Å². The third kappa shape index (κ3) is 2.26. The maximum Gasteiger partial charge on any atom is 0.0679 e. The van der Waals surface area contributed by atoms with Gasteiger partial charge in [-0.15, -0.1) is 0 Å². The lowest BCUT2D eigenvalue weighted by atomic mass is 10.0. The molecule has 0 atom stereocenters. The Bertz CT molecular complexity index is 462. The molecule has 3 nitrogen and oxygen atoms in total. The van der Waals surface area contributed by atoms with E-state index in [0.29, 0.717) is 6.61 Å². The molecule has 2 rings (SSSR count). The van der Waals surface area contributed by atoms with Crippen LogP contribution in [0.15, 0.2) is 24.3 Å². The van der Waals surface area contributed by atoms with Crippen molar-refractivity contribution in [3.8, 4) is 0 Å². The summed E-state index contributed by atoms with van der Waals surface area (Å²) in [5.74, 6) is 5.00. The van der Waals surface area contributed by atoms with Crippen LogP contribution in [0.4, 0.5) is 0 Å². The van der Waals surface area contributed by atoms with Gasteiger partial charge in [0, 0.05) is 16.6 Å². The number of rotatable bonds is 5. The van der Waals surface area contributed by atoms with E-state index in [-0.39, 0.29) is 0 Å². The van der Waals surface area contributed by atoms with Crippen molar-refractivity contribution in [2.45, 2.75) is 26.2 Å². The van der Waals surface area contributed by atoms with Crippen LogP contribution in [0.3, 0.4) is 0 Å². The van der Waals surface area contributed by atoms with Crippen LogP contribution in [0, 0.1) is 6.92 Å². The second kappa shape index (κ2) is 5.14. The van der Waals surface area contributed by atoms with Crippen molar-refractivity contribution in [3.05, 3.63) is 35.5 Å². The summed E-state index contributed by atoms with van der Waals surface area (Å²) in [6.45, 7) is 2.77. The number of para-hydroxylation sites is 1. The van der Waals surface area contributed by atoms with Crippen LogP contribution >= 0.6 is 0 Å². The molecule has 0 spiro atoms. The number of hydrogen-bond donors (Lipinski definition) is 2. The van der Waals surface area contributed by atoms with Gasteiger partial charge in [0.2, 0.25) is 0 Å². The van der Waals surface area contributed by atoms with Crippen molar-refractivity contribution in [1.82, 2.24) is 4.98 Å². The van der Waals surface area contributed by atoms with Crippen molar-refractivity contribution in [3.63, 3.8) is 0 Å². The first-order valence-electron chi connectivity index (χ1n) is 5.71. The monoisotopic (exact) mass is 218 g/mol. The normalized spacial score (nSPS) is 11.1. The molecule has 3 N–H and O–H groups in total. The molecule has 1 aromatic carbocycles. The molecular formula is C13H18N2O. The minimum Gasteiger partial charge on any atom is -0.358 e. The highest BCUT2D eigenvalue weighted by molar-refractivity contribution is 5.84. The fourth-order valence-corrected chi connectivity index (χ4v) is 2.14. The van der Waals surface area contributed by atoms with Crippen molar-refractivity contribution >= 4 is 10.9 Å². The summed E-state index contributed by atoms with van der Waals surface area (Å²) in [6.07, 6.45) is 3.20. The maximum absolute atomic E-state index is 5.00. The molecule has 1 aromatic heterocycles. The Morgan fingerprint density at radius 2 is 2.06 bits per heavy atom. The zero-order chi connectivity index (χ0) is 11.4. The summed E-state index contributed by atoms with van der Waals surface area (Å²) in [4.78, 5) is 7.98. The Morgan fingerprint density at radius 3 is 2.88 bits per heavy atom. The third-order valence-corrected chi connectivity index (χ3v) is 2.97. The van der Waals surface area contributed by atoms with Crippen LogP contribution in [0.2, 0.25) is 0 Å².